The van der Waals surface area contributed by atoms with Gasteiger partial charge < -0.3 is 10.6 Å². The Bertz CT molecular complexity index is 351. The predicted molar refractivity (Wildman–Crippen MR) is 72.4 cm³/mol. The van der Waals surface area contributed by atoms with Crippen molar-refractivity contribution in [2.45, 2.75) is 45.6 Å². The summed E-state index contributed by atoms with van der Waals surface area (Å²) in [5.74, 6) is 0.0662. The number of carbonyl (C=O) groups is 1. The molecule has 17 heavy (non-hydrogen) atoms. The van der Waals surface area contributed by atoms with Crippen molar-refractivity contribution in [1.29, 1.82) is 0 Å². The molecule has 0 saturated carbocycles. The summed E-state index contributed by atoms with van der Waals surface area (Å²) in [7, 11) is 1.90. The number of aromatic nitrogens is 1. The van der Waals surface area contributed by atoms with Crippen LogP contribution in [0.2, 0.25) is 0 Å². The van der Waals surface area contributed by atoms with Crippen molar-refractivity contribution < 1.29 is 4.79 Å². The number of hydrogen-bond donors (Lipinski definition) is 2. The highest BCUT2D eigenvalue weighted by atomic mass is 32.1. The quantitative estimate of drug-likeness (QED) is 0.737. The van der Waals surface area contributed by atoms with Gasteiger partial charge in [0.05, 0.1) is 5.69 Å². The van der Waals surface area contributed by atoms with Gasteiger partial charge in [0.15, 0.2) is 5.13 Å². The molecule has 1 aromatic heterocycles. The van der Waals surface area contributed by atoms with E-state index < -0.39 is 0 Å². The van der Waals surface area contributed by atoms with E-state index >= 15 is 0 Å². The summed E-state index contributed by atoms with van der Waals surface area (Å²) in [6, 6.07) is 0.219. The second-order valence-electron chi connectivity index (χ2n) is 4.09. The van der Waals surface area contributed by atoms with Crippen LogP contribution in [0.3, 0.4) is 0 Å². The summed E-state index contributed by atoms with van der Waals surface area (Å²) < 4.78 is 0. The Morgan fingerprint density at radius 2 is 2.29 bits per heavy atom. The van der Waals surface area contributed by atoms with Crippen molar-refractivity contribution in [2.75, 3.05) is 12.4 Å². The third-order valence-corrected chi connectivity index (χ3v) is 3.43. The highest BCUT2D eigenvalue weighted by Crippen LogP contribution is 2.20. The molecule has 2 N–H and O–H groups in total. The minimum Gasteiger partial charge on any atom is -0.312 e. The number of thiazole rings is 1. The van der Waals surface area contributed by atoms with Crippen LogP contribution in [0.15, 0.2) is 5.38 Å². The van der Waals surface area contributed by atoms with Gasteiger partial charge in [-0.05, 0) is 20.4 Å². The molecule has 1 atom stereocenters. The molecule has 0 bridgehead atoms. The van der Waals surface area contributed by atoms with Crippen LogP contribution < -0.4 is 10.6 Å². The number of nitrogens with one attached hydrogen (secondary N) is 2. The summed E-state index contributed by atoms with van der Waals surface area (Å²) in [5.41, 5.74) is 0.973. The van der Waals surface area contributed by atoms with Gasteiger partial charge in [-0.15, -0.1) is 11.3 Å². The number of rotatable bonds is 7. The minimum atomic E-state index is 0.0662. The highest BCUT2D eigenvalue weighted by Gasteiger charge is 2.09. The summed E-state index contributed by atoms with van der Waals surface area (Å²) in [4.78, 5) is 15.9. The average Bonchev–Trinajstić information content (AvgIpc) is 2.77. The monoisotopic (exact) mass is 255 g/mol. The molecule has 0 aliphatic carbocycles. The fraction of sp³-hybridized carbons (Fsp3) is 0.667. The molecule has 0 saturated heterocycles. The molecule has 5 heteroatoms. The molecule has 0 radical (unpaired) electrons. The van der Waals surface area contributed by atoms with Crippen molar-refractivity contribution in [3.63, 3.8) is 0 Å². The van der Waals surface area contributed by atoms with Crippen molar-refractivity contribution in [3.8, 4) is 0 Å². The molecule has 0 aliphatic heterocycles. The zero-order valence-electron chi connectivity index (χ0n) is 10.7. The van der Waals surface area contributed by atoms with Crippen molar-refractivity contribution in [1.82, 2.24) is 10.3 Å². The van der Waals surface area contributed by atoms with E-state index in [2.05, 4.69) is 22.5 Å². The van der Waals surface area contributed by atoms with Crippen molar-refractivity contribution in [3.05, 3.63) is 11.1 Å². The zero-order chi connectivity index (χ0) is 12.7. The van der Waals surface area contributed by atoms with E-state index in [4.69, 9.17) is 0 Å². The number of unbranched alkanes of at least 4 members (excludes halogenated alkanes) is 2. The average molecular weight is 255 g/mol. The second kappa shape index (κ2) is 7.40. The SMILES string of the molecule is CCCCCC(=O)Nc1nc(C(C)NC)cs1. The van der Waals surface area contributed by atoms with Crippen LogP contribution in [-0.4, -0.2) is 17.9 Å². The maximum absolute atomic E-state index is 11.6. The molecule has 0 fully saturated rings. The van der Waals surface area contributed by atoms with E-state index in [1.54, 1.807) is 0 Å². The Morgan fingerprint density at radius 3 is 2.94 bits per heavy atom. The van der Waals surface area contributed by atoms with Gasteiger partial charge in [0.25, 0.3) is 0 Å². The Balaban J connectivity index is 2.40. The molecule has 1 aromatic rings. The van der Waals surface area contributed by atoms with E-state index in [-0.39, 0.29) is 11.9 Å². The number of nitrogens with zero attached hydrogens (tertiary/aromatic N) is 1. The molecule has 96 valence electrons. The predicted octanol–water partition coefficient (Wildman–Crippen LogP) is 2.94. The standard InChI is InChI=1S/C12H21N3OS/c1-4-5-6-7-11(16)15-12-14-10(8-17-12)9(2)13-3/h8-9,13H,4-7H2,1-3H3,(H,14,15,16). The number of amides is 1. The smallest absolute Gasteiger partial charge is 0.226 e. The van der Waals surface area contributed by atoms with E-state index in [1.807, 2.05) is 19.4 Å². The van der Waals surface area contributed by atoms with Crippen LogP contribution in [0.1, 0.15) is 51.3 Å². The van der Waals surface area contributed by atoms with E-state index in [0.717, 1.165) is 25.0 Å². The van der Waals surface area contributed by atoms with Gasteiger partial charge in [0.2, 0.25) is 5.91 Å². The molecule has 0 aromatic carbocycles. The van der Waals surface area contributed by atoms with Gasteiger partial charge >= 0.3 is 0 Å². The highest BCUT2D eigenvalue weighted by molar-refractivity contribution is 7.13. The molecule has 4 nitrogen and oxygen atoms in total. The van der Waals surface area contributed by atoms with Gasteiger partial charge in [0.1, 0.15) is 0 Å². The van der Waals surface area contributed by atoms with Crippen LogP contribution in [0.5, 0.6) is 0 Å². The number of carbonyl (C=O) groups excluding carboxylic acids is 1. The van der Waals surface area contributed by atoms with Gasteiger partial charge in [-0.3, -0.25) is 4.79 Å². The van der Waals surface area contributed by atoms with Crippen molar-refractivity contribution >= 4 is 22.4 Å². The lowest BCUT2D eigenvalue weighted by atomic mass is 10.2. The second-order valence-corrected chi connectivity index (χ2v) is 4.95. The lowest BCUT2D eigenvalue weighted by Gasteiger charge is -2.05. The minimum absolute atomic E-state index is 0.0662. The zero-order valence-corrected chi connectivity index (χ0v) is 11.6. The van der Waals surface area contributed by atoms with Crippen LogP contribution in [0.4, 0.5) is 5.13 Å². The molecule has 1 amide bonds. The summed E-state index contributed by atoms with van der Waals surface area (Å²) >= 11 is 1.48. The van der Waals surface area contributed by atoms with Crippen LogP contribution in [0, 0.1) is 0 Å². The van der Waals surface area contributed by atoms with Crippen LogP contribution in [0.25, 0.3) is 0 Å². The van der Waals surface area contributed by atoms with Gasteiger partial charge in [-0.25, -0.2) is 4.98 Å². The Morgan fingerprint density at radius 1 is 1.53 bits per heavy atom. The summed E-state index contributed by atoms with van der Waals surface area (Å²) in [5, 5.41) is 8.63. The van der Waals surface area contributed by atoms with Crippen LogP contribution >= 0.6 is 11.3 Å². The molecular formula is C12H21N3OS. The lowest BCUT2D eigenvalue weighted by Crippen LogP contribution is -2.14. The summed E-state index contributed by atoms with van der Waals surface area (Å²) in [6.07, 6.45) is 3.78. The molecule has 1 rings (SSSR count). The first kappa shape index (κ1) is 14.1. The third-order valence-electron chi connectivity index (χ3n) is 2.65. The maximum atomic E-state index is 11.6. The molecule has 0 spiro atoms. The lowest BCUT2D eigenvalue weighted by molar-refractivity contribution is -0.116. The normalized spacial score (nSPS) is 12.4. The molecule has 1 heterocycles. The molecule has 1 unspecified atom stereocenters. The van der Waals surface area contributed by atoms with Gasteiger partial charge in [-0.1, -0.05) is 19.8 Å². The van der Waals surface area contributed by atoms with Crippen LogP contribution in [-0.2, 0) is 4.79 Å². The number of anilines is 1. The fourth-order valence-corrected chi connectivity index (χ4v) is 2.23. The maximum Gasteiger partial charge on any atom is 0.226 e. The summed E-state index contributed by atoms with van der Waals surface area (Å²) in [6.45, 7) is 4.17. The van der Waals surface area contributed by atoms with E-state index in [1.165, 1.54) is 11.3 Å². The first-order valence-corrected chi connectivity index (χ1v) is 6.97. The number of hydrogen-bond acceptors (Lipinski definition) is 4. The first-order valence-electron chi connectivity index (χ1n) is 6.10. The Labute approximate surface area is 107 Å². The van der Waals surface area contributed by atoms with E-state index in [0.29, 0.717) is 11.6 Å². The fourth-order valence-electron chi connectivity index (χ4n) is 1.41. The first-order chi connectivity index (χ1) is 8.17. The largest absolute Gasteiger partial charge is 0.312 e. The Hall–Kier alpha value is -0.940. The molecular weight excluding hydrogens is 234 g/mol. The topological polar surface area (TPSA) is 54.0 Å². The van der Waals surface area contributed by atoms with Gasteiger partial charge in [-0.2, -0.15) is 0 Å². The van der Waals surface area contributed by atoms with Gasteiger partial charge in [0, 0.05) is 17.8 Å². The van der Waals surface area contributed by atoms with Crippen molar-refractivity contribution in [2.24, 2.45) is 0 Å². The molecule has 0 aliphatic rings. The Kier molecular flexibility index (Phi) is 6.15. The van der Waals surface area contributed by atoms with E-state index in [9.17, 15) is 4.79 Å². The third kappa shape index (κ3) is 4.83.